The molecule has 1 aromatic carbocycles. The maximum absolute atomic E-state index is 16.3. The van der Waals surface area contributed by atoms with E-state index in [1.54, 1.807) is 6.07 Å². The van der Waals surface area contributed by atoms with Crippen molar-refractivity contribution in [1.82, 2.24) is 10.1 Å². The van der Waals surface area contributed by atoms with Gasteiger partial charge in [-0.3, -0.25) is 4.79 Å². The van der Waals surface area contributed by atoms with Crippen molar-refractivity contribution in [2.75, 3.05) is 23.3 Å². The number of alkyl halides is 2. The first-order valence-electron chi connectivity index (χ1n) is 14.8. The lowest BCUT2D eigenvalue weighted by molar-refractivity contribution is -0.158. The lowest BCUT2D eigenvalue weighted by Gasteiger charge is -2.60. The summed E-state index contributed by atoms with van der Waals surface area (Å²) in [6.07, 6.45) is 9.20. The van der Waals surface area contributed by atoms with E-state index in [2.05, 4.69) is 15.5 Å². The highest BCUT2D eigenvalue weighted by Crippen LogP contribution is 2.65. The third-order valence-electron chi connectivity index (χ3n) is 11.0. The van der Waals surface area contributed by atoms with Gasteiger partial charge in [0.15, 0.2) is 11.6 Å². The number of piperidine rings is 1. The smallest absolute Gasteiger partial charge is 0.322 e. The molecule has 7 aliphatic rings. The molecule has 1 aromatic heterocycles. The number of fused-ring (bicyclic) bond motifs is 3. The summed E-state index contributed by atoms with van der Waals surface area (Å²) in [6.45, 7) is 1.89. The Hall–Kier alpha value is -2.62. The lowest BCUT2D eigenvalue weighted by atomic mass is 9.44. The minimum Gasteiger partial charge on any atom is -0.393 e. The van der Waals surface area contributed by atoms with Gasteiger partial charge >= 0.3 is 5.92 Å². The van der Waals surface area contributed by atoms with Crippen LogP contribution in [0.25, 0.3) is 0 Å². The molecule has 4 bridgehead atoms. The number of halogens is 3. The van der Waals surface area contributed by atoms with E-state index in [1.165, 1.54) is 0 Å². The molecule has 0 atom stereocenters. The third-order valence-corrected chi connectivity index (χ3v) is 11.0. The Morgan fingerprint density at radius 3 is 2.33 bits per heavy atom. The van der Waals surface area contributed by atoms with Crippen LogP contribution in [0.1, 0.15) is 94.8 Å². The molecule has 7 nitrogen and oxygen atoms in total. The summed E-state index contributed by atoms with van der Waals surface area (Å²) in [6, 6.07) is 3.69. The Balaban J connectivity index is 1.13. The van der Waals surface area contributed by atoms with Crippen LogP contribution in [-0.4, -0.2) is 40.3 Å². The largest absolute Gasteiger partial charge is 0.393 e. The summed E-state index contributed by atoms with van der Waals surface area (Å²) < 4.78 is 48.7. The van der Waals surface area contributed by atoms with E-state index in [9.17, 15) is 18.7 Å². The van der Waals surface area contributed by atoms with Crippen molar-refractivity contribution < 1.29 is 27.6 Å². The van der Waals surface area contributed by atoms with Crippen LogP contribution < -0.4 is 10.2 Å². The van der Waals surface area contributed by atoms with Crippen LogP contribution in [0.2, 0.25) is 0 Å². The van der Waals surface area contributed by atoms with Crippen molar-refractivity contribution in [2.45, 2.75) is 101 Å². The summed E-state index contributed by atoms with van der Waals surface area (Å²) in [5, 5.41) is 17.0. The van der Waals surface area contributed by atoms with E-state index in [0.717, 1.165) is 70.3 Å². The SMILES string of the molecule is CC(F)(F)c1nc(C23CCC(Cc4ccc(NC(=O)C56CC(C5)C6)c(F)c4N4CCC(O)CC4)(CC2)CC3)no1. The van der Waals surface area contributed by atoms with Gasteiger partial charge in [0, 0.05) is 25.4 Å². The number of rotatable bonds is 7. The van der Waals surface area contributed by atoms with Crippen LogP contribution in [0.4, 0.5) is 24.5 Å². The molecule has 2 heterocycles. The third kappa shape index (κ3) is 4.15. The van der Waals surface area contributed by atoms with Crippen LogP contribution in [0.3, 0.4) is 0 Å². The zero-order chi connectivity index (χ0) is 27.9. The standard InChI is InChI=1S/C30H37F3N4O3/c1-27(32,33)26-35-24(36-40-26)29-9-6-28(7-10-29,8-11-29)17-19-2-3-21(34-25(39)30-14-18(15-30)16-30)22(31)23(19)37-12-4-20(38)5-13-37/h2-3,18,20,38H,4-17H2,1H3,(H,34,39). The Labute approximate surface area is 231 Å². The molecule has 9 rings (SSSR count). The van der Waals surface area contributed by atoms with Crippen LogP contribution in [0, 0.1) is 22.6 Å². The van der Waals surface area contributed by atoms with Gasteiger partial charge < -0.3 is 19.8 Å². The minimum atomic E-state index is -3.16. The van der Waals surface area contributed by atoms with E-state index >= 15 is 4.39 Å². The number of aromatic nitrogens is 2. The van der Waals surface area contributed by atoms with Crippen molar-refractivity contribution in [1.29, 1.82) is 0 Å². The first-order valence-corrected chi connectivity index (χ1v) is 14.8. The minimum absolute atomic E-state index is 0.0178. The van der Waals surface area contributed by atoms with E-state index in [1.807, 2.05) is 11.0 Å². The maximum atomic E-state index is 16.3. The predicted molar refractivity (Wildman–Crippen MR) is 142 cm³/mol. The molecular weight excluding hydrogens is 521 g/mol. The Morgan fingerprint density at radius 1 is 1.12 bits per heavy atom. The molecule has 6 aliphatic carbocycles. The summed E-state index contributed by atoms with van der Waals surface area (Å²) in [5.41, 5.74) is 1.06. The van der Waals surface area contributed by atoms with Gasteiger partial charge in [-0.15, -0.1) is 0 Å². The molecule has 1 aliphatic heterocycles. The van der Waals surface area contributed by atoms with Crippen LogP contribution in [0.15, 0.2) is 16.7 Å². The fourth-order valence-corrected chi connectivity index (χ4v) is 8.17. The number of nitrogens with one attached hydrogen (secondary N) is 1. The lowest BCUT2D eigenvalue weighted by Crippen LogP contribution is -2.58. The number of nitrogens with zero attached hydrogens (tertiary/aromatic N) is 3. The Kier molecular flexibility index (Phi) is 5.87. The van der Waals surface area contributed by atoms with Gasteiger partial charge in [-0.2, -0.15) is 13.8 Å². The monoisotopic (exact) mass is 558 g/mol. The zero-order valence-electron chi connectivity index (χ0n) is 22.9. The van der Waals surface area contributed by atoms with E-state index in [0.29, 0.717) is 49.8 Å². The molecule has 40 heavy (non-hydrogen) atoms. The van der Waals surface area contributed by atoms with Gasteiger partial charge in [0.05, 0.1) is 22.9 Å². The number of aliphatic hydroxyl groups is 1. The highest BCUT2D eigenvalue weighted by Gasteiger charge is 2.61. The molecule has 0 radical (unpaired) electrons. The molecule has 1 amide bonds. The van der Waals surface area contributed by atoms with Crippen molar-refractivity contribution in [3.63, 3.8) is 0 Å². The number of hydrogen-bond donors (Lipinski definition) is 2. The Morgan fingerprint density at radius 2 is 1.77 bits per heavy atom. The second-order valence-electron chi connectivity index (χ2n) is 13.6. The summed E-state index contributed by atoms with van der Waals surface area (Å²) in [5.74, 6) is -3.20. The molecular formula is C30H37F3N4O3. The highest BCUT2D eigenvalue weighted by atomic mass is 19.3. The van der Waals surface area contributed by atoms with Gasteiger partial charge in [0.2, 0.25) is 5.91 Å². The fraction of sp³-hybridized carbons (Fsp3) is 0.700. The van der Waals surface area contributed by atoms with Crippen molar-refractivity contribution >= 4 is 17.3 Å². The number of aliphatic hydroxyl groups excluding tert-OH is 1. The molecule has 1 saturated heterocycles. The second kappa shape index (κ2) is 8.94. The molecule has 0 spiro atoms. The maximum Gasteiger partial charge on any atom is 0.322 e. The van der Waals surface area contributed by atoms with Gasteiger partial charge in [-0.25, -0.2) is 4.39 Å². The van der Waals surface area contributed by atoms with Crippen LogP contribution >= 0.6 is 0 Å². The summed E-state index contributed by atoms with van der Waals surface area (Å²) in [7, 11) is 0. The molecule has 10 heteroatoms. The number of hydrogen-bond acceptors (Lipinski definition) is 6. The second-order valence-corrected chi connectivity index (χ2v) is 13.6. The van der Waals surface area contributed by atoms with Crippen molar-refractivity contribution in [3.8, 4) is 0 Å². The highest BCUT2D eigenvalue weighted by molar-refractivity contribution is 5.98. The van der Waals surface area contributed by atoms with Crippen LogP contribution in [0.5, 0.6) is 0 Å². The average Bonchev–Trinajstić information content (AvgIpc) is 3.38. The van der Waals surface area contributed by atoms with Crippen molar-refractivity contribution in [2.24, 2.45) is 16.7 Å². The summed E-state index contributed by atoms with van der Waals surface area (Å²) in [4.78, 5) is 19.1. The zero-order valence-corrected chi connectivity index (χ0v) is 22.9. The molecule has 2 aromatic rings. The quantitative estimate of drug-likeness (QED) is 0.443. The van der Waals surface area contributed by atoms with E-state index < -0.39 is 11.8 Å². The molecule has 2 N–H and O–H groups in total. The van der Waals surface area contributed by atoms with Gasteiger partial charge in [0.25, 0.3) is 5.89 Å². The number of benzene rings is 1. The normalized spacial score (nSPS) is 33.4. The fourth-order valence-electron chi connectivity index (χ4n) is 8.17. The Bertz CT molecular complexity index is 1290. The number of carbonyl (C=O) groups excluding carboxylic acids is 1. The topological polar surface area (TPSA) is 91.5 Å². The molecule has 216 valence electrons. The predicted octanol–water partition coefficient (Wildman–Crippen LogP) is 5.85. The first-order chi connectivity index (χ1) is 19.0. The number of carbonyl (C=O) groups is 1. The number of amides is 1. The number of anilines is 2. The van der Waals surface area contributed by atoms with Crippen LogP contribution in [-0.2, 0) is 22.6 Å². The van der Waals surface area contributed by atoms with Gasteiger partial charge in [0.1, 0.15) is 0 Å². The summed E-state index contributed by atoms with van der Waals surface area (Å²) >= 11 is 0. The van der Waals surface area contributed by atoms with E-state index in [4.69, 9.17) is 4.52 Å². The van der Waals surface area contributed by atoms with E-state index in [-0.39, 0.29) is 39.8 Å². The molecule has 6 saturated carbocycles. The van der Waals surface area contributed by atoms with Gasteiger partial charge in [-0.05, 0) is 100 Å². The average molecular weight is 559 g/mol. The van der Waals surface area contributed by atoms with Crippen molar-refractivity contribution in [3.05, 3.63) is 35.2 Å². The van der Waals surface area contributed by atoms with Gasteiger partial charge in [-0.1, -0.05) is 11.2 Å². The first kappa shape index (κ1) is 26.3. The molecule has 7 fully saturated rings. The molecule has 0 unspecified atom stereocenters.